The molecule has 0 aliphatic heterocycles. The molecule has 73 heavy (non-hydrogen) atoms. The van der Waals surface area contributed by atoms with E-state index in [0.717, 1.165) is 12.1 Å². The number of azo groups is 2. The normalized spacial score (nSPS) is 11.9. The van der Waals surface area contributed by atoms with E-state index < -0.39 is 43.5 Å². The van der Waals surface area contributed by atoms with Crippen LogP contribution in [0.3, 0.4) is 0 Å². The maximum atomic E-state index is 13.3. The van der Waals surface area contributed by atoms with Gasteiger partial charge in [0, 0.05) is 10.8 Å². The van der Waals surface area contributed by atoms with Crippen LogP contribution < -0.4 is 25.0 Å². The molecule has 0 saturated carbocycles. The fourth-order valence-corrected chi connectivity index (χ4v) is 9.20. The Hall–Kier alpha value is -6.41. The smallest absolute Gasteiger partial charge is 0.871 e. The average molecular weight is 1190 g/mol. The summed E-state index contributed by atoms with van der Waals surface area (Å²) in [6.45, 7) is 2.92. The predicted octanol–water partition coefficient (Wildman–Crippen LogP) is 11.0. The number of anilines is 1. The molecule has 4 N–H and O–H groups in total. The zero-order valence-corrected chi connectivity index (χ0v) is 46.3. The summed E-state index contributed by atoms with van der Waals surface area (Å²) in [5, 5.41) is 58.4. The third kappa shape index (κ3) is 12.9. The summed E-state index contributed by atoms with van der Waals surface area (Å²) in [7, 11) is -6.03. The number of aliphatic imine (C=N–C) groups is 1. The molecule has 0 atom stereocenters. The molecule has 0 radical (unpaired) electrons. The number of nitrogens with zero attached hydrogens (tertiary/aromatic N) is 5. The molecule has 0 bridgehead atoms. The van der Waals surface area contributed by atoms with E-state index in [1.807, 2.05) is 0 Å². The molecule has 0 heterocycles. The maximum Gasteiger partial charge on any atom is 2.00 e. The fraction of sp³-hybridized carbons (Fsp3) is 0.0800. The Balaban J connectivity index is 0.000000235. The zero-order chi connectivity index (χ0) is 52.1. The first-order valence-electron chi connectivity index (χ1n) is 20.9. The summed E-state index contributed by atoms with van der Waals surface area (Å²) in [6, 6.07) is 35.0. The number of para-hydroxylation sites is 4. The molecule has 0 saturated heterocycles. The zero-order valence-electron chi connectivity index (χ0n) is 38.7. The van der Waals surface area contributed by atoms with Gasteiger partial charge >= 0.3 is 48.9 Å². The van der Waals surface area contributed by atoms with Crippen molar-refractivity contribution in [3.05, 3.63) is 166 Å². The summed E-state index contributed by atoms with van der Waals surface area (Å²) < 4.78 is 75.3. The van der Waals surface area contributed by atoms with Crippen LogP contribution in [0.5, 0.6) is 23.0 Å². The Morgan fingerprint density at radius 2 is 1.05 bits per heavy atom. The number of aromatic hydroxyl groups is 1. The average Bonchev–Trinajstić information content (AvgIpc) is 3.34. The van der Waals surface area contributed by atoms with Crippen LogP contribution in [0.1, 0.15) is 27.0 Å². The maximum absolute atomic E-state index is 13.3. The quantitative estimate of drug-likeness (QED) is 0.0292. The van der Waals surface area contributed by atoms with E-state index in [9.17, 15) is 46.1 Å². The Labute approximate surface area is 468 Å². The first-order chi connectivity index (χ1) is 34.2. The van der Waals surface area contributed by atoms with Crippen LogP contribution >= 0.6 is 23.2 Å². The van der Waals surface area contributed by atoms with Crippen molar-refractivity contribution in [3.63, 3.8) is 0 Å². The van der Waals surface area contributed by atoms with Gasteiger partial charge in [0.05, 0.1) is 51.0 Å². The molecule has 8 aromatic carbocycles. The molecule has 0 unspecified atom stereocenters. The SMILES string of the molecule is COc1ccccc1N=C([O-])c1cc2ccccc2c(N=Nc2cc(C)c(S(=O)(=O)O)cc2Cl)c1[O-].COc1ccccc1NC(=O)c1cc2ccccc2c(N=Nc2cc(C)c(S(=O)(=O)O)cc2Cl)c1O.[Ba+2]. The number of phenols is 1. The number of fused-ring (bicyclic) bond motifs is 2. The van der Waals surface area contributed by atoms with Crippen LogP contribution in [0.4, 0.5) is 34.1 Å². The van der Waals surface area contributed by atoms with Crippen molar-refractivity contribution >= 4 is 160 Å². The van der Waals surface area contributed by atoms with Crippen LogP contribution in [-0.4, -0.2) is 106 Å². The van der Waals surface area contributed by atoms with E-state index in [-0.39, 0.29) is 119 Å². The third-order valence-corrected chi connectivity index (χ3v) is 13.3. The molecule has 18 nitrogen and oxygen atoms in total. The second kappa shape index (κ2) is 23.6. The topological polar surface area (TPSA) is 284 Å². The molecule has 1 amide bonds. The van der Waals surface area contributed by atoms with Crippen LogP contribution in [0, 0.1) is 13.8 Å². The molecule has 8 aromatic rings. The fourth-order valence-electron chi connectivity index (χ4n) is 7.20. The van der Waals surface area contributed by atoms with Gasteiger partial charge in [-0.1, -0.05) is 102 Å². The molecule has 0 aliphatic carbocycles. The van der Waals surface area contributed by atoms with E-state index in [2.05, 4.69) is 30.8 Å². The minimum absolute atomic E-state index is 0. The molecule has 0 spiro atoms. The number of ether oxygens (including phenoxy) is 2. The van der Waals surface area contributed by atoms with E-state index in [1.54, 1.807) is 97.1 Å². The van der Waals surface area contributed by atoms with Gasteiger partial charge in [-0.2, -0.15) is 21.9 Å². The van der Waals surface area contributed by atoms with Gasteiger partial charge in [-0.3, -0.25) is 18.9 Å². The van der Waals surface area contributed by atoms with Crippen LogP contribution in [0.25, 0.3) is 21.5 Å². The summed E-state index contributed by atoms with van der Waals surface area (Å²) in [5.41, 5.74) is 0.899. The number of amides is 1. The number of hydrogen-bond donors (Lipinski definition) is 4. The van der Waals surface area contributed by atoms with Gasteiger partial charge in [-0.15, -0.1) is 15.3 Å². The largest absolute Gasteiger partial charge is 2.00 e. The Morgan fingerprint density at radius 1 is 0.603 bits per heavy atom. The van der Waals surface area contributed by atoms with Gasteiger partial charge in [0.15, 0.2) is 5.75 Å². The molecule has 0 aliphatic rings. The standard InChI is InChI=1S/2C25H20ClN3O6S.Ba/c2*1-14-11-20(18(26)13-22(14)36(32,33)34)28-29-23-16-8-4-3-7-15(16)12-17(24(23)30)25(31)27-19-9-5-6-10-21(19)35-2;/h2*3-13,30H,1-2H3,(H,27,31)(H,32,33,34);/q;;+2/p-2. The first-order valence-corrected chi connectivity index (χ1v) is 24.5. The minimum atomic E-state index is -4.49. The van der Waals surface area contributed by atoms with E-state index >= 15 is 0 Å². The number of carbonyl (C=O) groups is 1. The number of aryl methyl sites for hydroxylation is 2. The van der Waals surface area contributed by atoms with Crippen molar-refractivity contribution in [2.45, 2.75) is 23.6 Å². The van der Waals surface area contributed by atoms with Gasteiger partial charge in [0.1, 0.15) is 34.2 Å². The third-order valence-electron chi connectivity index (χ3n) is 10.7. The Kier molecular flexibility index (Phi) is 18.1. The number of hydrogen-bond acceptors (Lipinski definition) is 15. The summed E-state index contributed by atoms with van der Waals surface area (Å²) in [5.74, 6) is -1.65. The Bertz CT molecular complexity index is 3790. The predicted molar refractivity (Wildman–Crippen MR) is 275 cm³/mol. The number of methoxy groups -OCH3 is 2. The van der Waals surface area contributed by atoms with Gasteiger partial charge in [0.2, 0.25) is 0 Å². The second-order valence-corrected chi connectivity index (χ2v) is 19.0. The molecule has 368 valence electrons. The number of benzene rings is 8. The summed E-state index contributed by atoms with van der Waals surface area (Å²) in [6.07, 6.45) is 0. The van der Waals surface area contributed by atoms with E-state index in [4.69, 9.17) is 32.7 Å². The van der Waals surface area contributed by atoms with Gasteiger partial charge in [-0.25, -0.2) is 0 Å². The van der Waals surface area contributed by atoms with Crippen LogP contribution in [-0.2, 0) is 20.2 Å². The molecule has 23 heteroatoms. The summed E-state index contributed by atoms with van der Waals surface area (Å²) in [4.78, 5) is 16.4. The van der Waals surface area contributed by atoms with E-state index in [0.29, 0.717) is 38.7 Å². The molecule has 0 fully saturated rings. The minimum Gasteiger partial charge on any atom is -0.871 e. The number of halogens is 2. The molecular formula is C50H38BaCl2N6O12S2. The molecule has 8 rings (SSSR count). The van der Waals surface area contributed by atoms with Crippen molar-refractivity contribution in [1.29, 1.82) is 0 Å². The second-order valence-electron chi connectivity index (χ2n) is 15.4. The van der Waals surface area contributed by atoms with Crippen molar-refractivity contribution in [1.82, 2.24) is 0 Å². The number of nitrogens with one attached hydrogen (secondary N) is 1. The molecule has 0 aromatic heterocycles. The van der Waals surface area contributed by atoms with E-state index in [1.165, 1.54) is 52.3 Å². The van der Waals surface area contributed by atoms with Crippen LogP contribution in [0.15, 0.2) is 169 Å². The van der Waals surface area contributed by atoms with Gasteiger partial charge < -0.3 is 30.1 Å². The van der Waals surface area contributed by atoms with Crippen molar-refractivity contribution in [3.8, 4) is 23.0 Å². The van der Waals surface area contributed by atoms with Gasteiger partial charge in [0.25, 0.3) is 26.1 Å². The number of phenolic OH excluding ortho intramolecular Hbond substituents is 1. The van der Waals surface area contributed by atoms with Gasteiger partial charge in [-0.05, 0) is 108 Å². The van der Waals surface area contributed by atoms with Crippen molar-refractivity contribution < 1.29 is 55.5 Å². The number of carbonyl (C=O) groups excluding carboxylic acids is 1. The first kappa shape index (κ1) is 55.9. The summed E-state index contributed by atoms with van der Waals surface area (Å²) >= 11 is 12.3. The molecular weight excluding hydrogens is 1150 g/mol. The van der Waals surface area contributed by atoms with Crippen molar-refractivity contribution in [2.75, 3.05) is 19.5 Å². The Morgan fingerprint density at radius 3 is 1.59 bits per heavy atom. The number of rotatable bonds is 12. The van der Waals surface area contributed by atoms with Crippen molar-refractivity contribution in [2.24, 2.45) is 25.4 Å². The monoisotopic (exact) mass is 1190 g/mol. The van der Waals surface area contributed by atoms with Crippen LogP contribution in [0.2, 0.25) is 10.0 Å².